The number of rotatable bonds is 6. The molecule has 1 fully saturated rings. The van der Waals surface area contributed by atoms with Crippen LogP contribution in [0.25, 0.3) is 33.0 Å². The fraction of sp³-hybridized carbons (Fsp3) is 0.241. The number of benzene rings is 2. The molecule has 11 heteroatoms. The molecule has 1 aliphatic rings. The van der Waals surface area contributed by atoms with Crippen molar-refractivity contribution in [1.29, 1.82) is 0 Å². The summed E-state index contributed by atoms with van der Waals surface area (Å²) in [4.78, 5) is 21.3. The van der Waals surface area contributed by atoms with Crippen molar-refractivity contribution < 1.29 is 13.9 Å². The molecule has 1 aliphatic carbocycles. The zero-order valence-electron chi connectivity index (χ0n) is 21.2. The van der Waals surface area contributed by atoms with E-state index in [0.29, 0.717) is 58.1 Å². The van der Waals surface area contributed by atoms with Gasteiger partial charge in [-0.2, -0.15) is 4.52 Å². The molecule has 5 aromatic rings. The highest BCUT2D eigenvalue weighted by molar-refractivity contribution is 5.89. The van der Waals surface area contributed by atoms with Gasteiger partial charge in [0.25, 0.3) is 0 Å². The molecule has 3 aromatic heterocycles. The molecule has 3 N–H and O–H groups in total. The standard InChI is InChI=1S/C29H24F2N8O/c1-33-19-6-2-5-18(13-19)27-26(23-8-9-34-15-35-23)28-36-25(38-39(28)29(32)37-27)14-20-17(4-3-7-21(20)30)10-16-11-22(31)24(40)12-16/h2-9,13,15-16,22,24,40H,10-12,14H2,(H2,32,37)/t16?,22-,24-/m1/s1. The van der Waals surface area contributed by atoms with Crippen molar-refractivity contribution in [2.45, 2.75) is 38.0 Å². The minimum absolute atomic E-state index is 0.0671. The molecule has 0 radical (unpaired) electrons. The van der Waals surface area contributed by atoms with Gasteiger partial charge < -0.3 is 10.8 Å². The average Bonchev–Trinajstić information content (AvgIpc) is 3.53. The molecule has 2 aromatic carbocycles. The fourth-order valence-electron chi connectivity index (χ4n) is 5.37. The number of aliphatic hydroxyl groups excluding tert-OH is 1. The van der Waals surface area contributed by atoms with Crippen LogP contribution in [0.15, 0.2) is 61.1 Å². The lowest BCUT2D eigenvalue weighted by Crippen LogP contribution is -2.12. The Balaban J connectivity index is 1.45. The van der Waals surface area contributed by atoms with E-state index in [4.69, 9.17) is 17.3 Å². The number of anilines is 1. The van der Waals surface area contributed by atoms with Crippen molar-refractivity contribution in [1.82, 2.24) is 29.5 Å². The van der Waals surface area contributed by atoms with Gasteiger partial charge in [-0.15, -0.1) is 5.10 Å². The molecule has 0 amide bonds. The summed E-state index contributed by atoms with van der Waals surface area (Å²) in [5.74, 6) is -0.113. The molecule has 200 valence electrons. The van der Waals surface area contributed by atoms with Crippen molar-refractivity contribution >= 4 is 17.3 Å². The zero-order valence-corrected chi connectivity index (χ0v) is 21.2. The van der Waals surface area contributed by atoms with E-state index in [-0.39, 0.29) is 24.7 Å². The van der Waals surface area contributed by atoms with E-state index in [1.165, 1.54) is 16.9 Å². The number of nitrogen functional groups attached to an aromatic ring is 1. The van der Waals surface area contributed by atoms with Crippen LogP contribution in [0, 0.1) is 18.3 Å². The average molecular weight is 539 g/mol. The summed E-state index contributed by atoms with van der Waals surface area (Å²) in [6.45, 7) is 7.40. The molecule has 0 bridgehead atoms. The highest BCUT2D eigenvalue weighted by Crippen LogP contribution is 2.36. The number of alkyl halides is 1. The number of nitrogens with two attached hydrogens (primary N) is 1. The lowest BCUT2D eigenvalue weighted by atomic mass is 9.92. The van der Waals surface area contributed by atoms with Crippen molar-refractivity contribution in [3.8, 4) is 22.5 Å². The molecular formula is C29H24F2N8O. The van der Waals surface area contributed by atoms with E-state index in [0.717, 1.165) is 5.56 Å². The lowest BCUT2D eigenvalue weighted by Gasteiger charge is -2.13. The highest BCUT2D eigenvalue weighted by atomic mass is 19.1. The molecule has 6 rings (SSSR count). The van der Waals surface area contributed by atoms with Gasteiger partial charge in [-0.3, -0.25) is 0 Å². The first-order valence-corrected chi connectivity index (χ1v) is 12.8. The monoisotopic (exact) mass is 538 g/mol. The summed E-state index contributed by atoms with van der Waals surface area (Å²) in [6.07, 6.45) is 1.85. The van der Waals surface area contributed by atoms with E-state index in [9.17, 15) is 9.50 Å². The summed E-state index contributed by atoms with van der Waals surface area (Å²) in [5, 5.41) is 14.4. The maximum Gasteiger partial charge on any atom is 0.223 e. The third-order valence-electron chi connectivity index (χ3n) is 7.25. The lowest BCUT2D eigenvalue weighted by molar-refractivity contribution is 0.103. The van der Waals surface area contributed by atoms with Gasteiger partial charge in [-0.05, 0) is 60.1 Å². The Morgan fingerprint density at radius 1 is 1.12 bits per heavy atom. The minimum Gasteiger partial charge on any atom is -0.390 e. The molecular weight excluding hydrogens is 514 g/mol. The normalized spacial score (nSPS) is 18.7. The van der Waals surface area contributed by atoms with Gasteiger partial charge in [-0.25, -0.2) is 33.6 Å². The predicted octanol–water partition coefficient (Wildman–Crippen LogP) is 4.76. The summed E-state index contributed by atoms with van der Waals surface area (Å²) < 4.78 is 30.5. The highest BCUT2D eigenvalue weighted by Gasteiger charge is 2.33. The molecule has 0 spiro atoms. The van der Waals surface area contributed by atoms with E-state index < -0.39 is 18.1 Å². The van der Waals surface area contributed by atoms with E-state index in [2.05, 4.69) is 24.9 Å². The van der Waals surface area contributed by atoms with Crippen LogP contribution >= 0.6 is 0 Å². The first-order chi connectivity index (χ1) is 19.4. The molecule has 1 unspecified atom stereocenters. The van der Waals surface area contributed by atoms with E-state index in [1.54, 1.807) is 36.5 Å². The number of halogens is 2. The number of aromatic nitrogens is 6. The predicted molar refractivity (Wildman–Crippen MR) is 144 cm³/mol. The maximum absolute atomic E-state index is 15.1. The molecule has 3 heterocycles. The Morgan fingerprint density at radius 2 is 1.98 bits per heavy atom. The largest absolute Gasteiger partial charge is 0.390 e. The van der Waals surface area contributed by atoms with Crippen molar-refractivity contribution in [3.05, 3.63) is 95.2 Å². The second-order valence-corrected chi connectivity index (χ2v) is 9.89. The van der Waals surface area contributed by atoms with Crippen LogP contribution in [0.4, 0.5) is 20.4 Å². The summed E-state index contributed by atoms with van der Waals surface area (Å²) in [6, 6.07) is 13.5. The van der Waals surface area contributed by atoms with Gasteiger partial charge in [-0.1, -0.05) is 30.3 Å². The second-order valence-electron chi connectivity index (χ2n) is 9.89. The number of hydrogen-bond donors (Lipinski definition) is 2. The quantitative estimate of drug-likeness (QED) is 0.299. The SMILES string of the molecule is [C-]#[N+]c1cccc(-c2nc(N)n3nc(Cc4c(F)cccc4CC4C[C@@H](O)[C@H](F)C4)nc3c2-c2ccncn2)c1. The molecule has 0 aliphatic heterocycles. The molecule has 3 atom stereocenters. The first kappa shape index (κ1) is 25.5. The maximum atomic E-state index is 15.1. The van der Waals surface area contributed by atoms with Gasteiger partial charge in [0.15, 0.2) is 17.2 Å². The van der Waals surface area contributed by atoms with E-state index in [1.807, 2.05) is 12.1 Å². The number of nitrogens with zero attached hydrogens (tertiary/aromatic N) is 7. The molecule has 40 heavy (non-hydrogen) atoms. The third kappa shape index (κ3) is 4.74. The Labute approximate surface area is 228 Å². The topological polar surface area (TPSA) is 119 Å². The Kier molecular flexibility index (Phi) is 6.61. The summed E-state index contributed by atoms with van der Waals surface area (Å²) in [5.41, 5.74) is 10.5. The first-order valence-electron chi connectivity index (χ1n) is 12.8. The van der Waals surface area contributed by atoms with Gasteiger partial charge >= 0.3 is 0 Å². The van der Waals surface area contributed by atoms with Crippen LogP contribution in [-0.2, 0) is 12.8 Å². The third-order valence-corrected chi connectivity index (χ3v) is 7.25. The van der Waals surface area contributed by atoms with Gasteiger partial charge in [0.2, 0.25) is 5.95 Å². The Morgan fingerprint density at radius 3 is 2.73 bits per heavy atom. The zero-order chi connectivity index (χ0) is 27.8. The van der Waals surface area contributed by atoms with Crippen LogP contribution < -0.4 is 5.73 Å². The molecule has 0 saturated heterocycles. The van der Waals surface area contributed by atoms with Crippen molar-refractivity contribution in [3.63, 3.8) is 0 Å². The van der Waals surface area contributed by atoms with Crippen LogP contribution in [0.1, 0.15) is 29.8 Å². The molecule has 9 nitrogen and oxygen atoms in total. The number of fused-ring (bicyclic) bond motifs is 1. The van der Waals surface area contributed by atoms with Gasteiger partial charge in [0, 0.05) is 12.6 Å². The van der Waals surface area contributed by atoms with Crippen LogP contribution in [0.3, 0.4) is 0 Å². The van der Waals surface area contributed by atoms with Gasteiger partial charge in [0.05, 0.1) is 29.6 Å². The van der Waals surface area contributed by atoms with Crippen molar-refractivity contribution in [2.75, 3.05) is 5.73 Å². The second kappa shape index (κ2) is 10.4. The Hall–Kier alpha value is -4.82. The smallest absolute Gasteiger partial charge is 0.223 e. The Bertz CT molecular complexity index is 1740. The van der Waals surface area contributed by atoms with Crippen molar-refractivity contribution in [2.24, 2.45) is 5.92 Å². The summed E-state index contributed by atoms with van der Waals surface area (Å²) in [7, 11) is 0. The number of hydrogen-bond acceptors (Lipinski definition) is 7. The summed E-state index contributed by atoms with van der Waals surface area (Å²) >= 11 is 0. The minimum atomic E-state index is -1.26. The van der Waals surface area contributed by atoms with E-state index >= 15 is 4.39 Å². The van der Waals surface area contributed by atoms with Crippen LogP contribution in [0.5, 0.6) is 0 Å². The van der Waals surface area contributed by atoms with Crippen LogP contribution in [0.2, 0.25) is 0 Å². The van der Waals surface area contributed by atoms with Gasteiger partial charge in [0.1, 0.15) is 18.3 Å². The van der Waals surface area contributed by atoms with Crippen LogP contribution in [-0.4, -0.2) is 46.9 Å². The molecule has 1 saturated carbocycles. The fourth-order valence-corrected chi connectivity index (χ4v) is 5.37. The number of aliphatic hydroxyl groups is 1.